The molecule has 2 nitrogen and oxygen atoms in total. The molecule has 0 spiro atoms. The molecule has 13 heavy (non-hydrogen) atoms. The van der Waals surface area contributed by atoms with Gasteiger partial charge in [-0.05, 0) is 34.5 Å². The van der Waals surface area contributed by atoms with Crippen molar-refractivity contribution in [1.29, 1.82) is 0 Å². The summed E-state index contributed by atoms with van der Waals surface area (Å²) in [7, 11) is 1.26. The Morgan fingerprint density at radius 1 is 1.54 bits per heavy atom. The molecule has 0 amide bonds. The molecule has 0 atom stereocenters. The van der Waals surface area contributed by atoms with E-state index in [-0.39, 0.29) is 10.0 Å². The number of hydrogen-bond donors (Lipinski definition) is 0. The summed E-state index contributed by atoms with van der Waals surface area (Å²) in [6.45, 7) is 1.63. The van der Waals surface area contributed by atoms with Crippen molar-refractivity contribution in [3.63, 3.8) is 0 Å². The molecule has 0 saturated carbocycles. The zero-order chi connectivity index (χ0) is 10.0. The van der Waals surface area contributed by atoms with Crippen molar-refractivity contribution in [2.24, 2.45) is 0 Å². The Hall–Kier alpha value is -0.900. The molecule has 0 N–H and O–H groups in total. The van der Waals surface area contributed by atoms with Gasteiger partial charge >= 0.3 is 5.97 Å². The minimum atomic E-state index is -0.550. The summed E-state index contributed by atoms with van der Waals surface area (Å²) in [5.41, 5.74) is 0.685. The standard InChI is InChI=1S/C9H8BrFO2/c1-5-3-4-6(9(12)13-2)7(10)8(5)11/h3-4H,1-2H3. The maximum Gasteiger partial charge on any atom is 0.339 e. The molecule has 0 fully saturated rings. The molecule has 0 heterocycles. The van der Waals surface area contributed by atoms with Crippen LogP contribution in [0.4, 0.5) is 4.39 Å². The fourth-order valence-corrected chi connectivity index (χ4v) is 1.52. The highest BCUT2D eigenvalue weighted by Gasteiger charge is 2.14. The highest BCUT2D eigenvalue weighted by molar-refractivity contribution is 9.10. The van der Waals surface area contributed by atoms with Crippen molar-refractivity contribution in [3.8, 4) is 0 Å². The van der Waals surface area contributed by atoms with E-state index in [0.29, 0.717) is 5.56 Å². The molecule has 0 aliphatic carbocycles. The van der Waals surface area contributed by atoms with Gasteiger partial charge in [-0.15, -0.1) is 0 Å². The molecular weight excluding hydrogens is 239 g/mol. The van der Waals surface area contributed by atoms with Gasteiger partial charge in [0.1, 0.15) is 5.82 Å². The third-order valence-electron chi connectivity index (χ3n) is 1.68. The summed E-state index contributed by atoms with van der Waals surface area (Å²) in [5, 5.41) is 0. The van der Waals surface area contributed by atoms with E-state index in [0.717, 1.165) is 0 Å². The number of aryl methyl sites for hydroxylation is 1. The lowest BCUT2D eigenvalue weighted by Gasteiger charge is -2.04. The number of carbonyl (C=O) groups is 1. The average molecular weight is 247 g/mol. The molecule has 0 aliphatic heterocycles. The maximum absolute atomic E-state index is 13.2. The second kappa shape index (κ2) is 3.87. The van der Waals surface area contributed by atoms with Gasteiger partial charge in [-0.1, -0.05) is 6.07 Å². The van der Waals surface area contributed by atoms with Crippen LogP contribution in [-0.4, -0.2) is 13.1 Å². The largest absolute Gasteiger partial charge is 0.465 e. The van der Waals surface area contributed by atoms with Gasteiger partial charge in [0.05, 0.1) is 17.1 Å². The van der Waals surface area contributed by atoms with Crippen molar-refractivity contribution in [3.05, 3.63) is 33.5 Å². The Morgan fingerprint density at radius 3 is 2.69 bits per heavy atom. The molecular formula is C9H8BrFO2. The quantitative estimate of drug-likeness (QED) is 0.713. The zero-order valence-electron chi connectivity index (χ0n) is 7.23. The number of esters is 1. The number of ether oxygens (including phenoxy) is 1. The third-order valence-corrected chi connectivity index (χ3v) is 2.46. The summed E-state index contributed by atoms with van der Waals surface area (Å²) in [4.78, 5) is 11.1. The molecule has 0 saturated heterocycles. The number of methoxy groups -OCH3 is 1. The SMILES string of the molecule is COC(=O)c1ccc(C)c(F)c1Br. The molecule has 0 bridgehead atoms. The first kappa shape index (κ1) is 10.2. The predicted octanol–water partition coefficient (Wildman–Crippen LogP) is 2.68. The van der Waals surface area contributed by atoms with Gasteiger partial charge in [-0.25, -0.2) is 9.18 Å². The minimum absolute atomic E-state index is 0.152. The third kappa shape index (κ3) is 1.88. The lowest BCUT2D eigenvalue weighted by atomic mass is 10.1. The molecule has 1 rings (SSSR count). The summed E-state index contributed by atoms with van der Waals surface area (Å²) < 4.78 is 17.9. The van der Waals surface area contributed by atoms with Gasteiger partial charge in [0.2, 0.25) is 0 Å². The van der Waals surface area contributed by atoms with Crippen LogP contribution < -0.4 is 0 Å². The molecule has 4 heteroatoms. The second-order valence-electron chi connectivity index (χ2n) is 2.55. The van der Waals surface area contributed by atoms with Crippen molar-refractivity contribution in [2.75, 3.05) is 7.11 Å². The van der Waals surface area contributed by atoms with E-state index in [1.165, 1.54) is 19.2 Å². The van der Waals surface area contributed by atoms with Crippen LogP contribution in [0, 0.1) is 12.7 Å². The van der Waals surface area contributed by atoms with E-state index in [4.69, 9.17) is 0 Å². The zero-order valence-corrected chi connectivity index (χ0v) is 8.81. The van der Waals surface area contributed by atoms with Crippen LogP contribution in [0.5, 0.6) is 0 Å². The Kier molecular flexibility index (Phi) is 3.03. The van der Waals surface area contributed by atoms with Gasteiger partial charge < -0.3 is 4.74 Å². The smallest absolute Gasteiger partial charge is 0.339 e. The maximum atomic E-state index is 13.2. The minimum Gasteiger partial charge on any atom is -0.465 e. The summed E-state index contributed by atoms with van der Waals surface area (Å²) >= 11 is 3.00. The number of halogens is 2. The van der Waals surface area contributed by atoms with Crippen molar-refractivity contribution < 1.29 is 13.9 Å². The van der Waals surface area contributed by atoms with Crippen LogP contribution in [0.15, 0.2) is 16.6 Å². The van der Waals surface area contributed by atoms with Gasteiger partial charge in [0.25, 0.3) is 0 Å². The average Bonchev–Trinajstić information content (AvgIpc) is 2.13. The molecule has 0 unspecified atom stereocenters. The highest BCUT2D eigenvalue weighted by Crippen LogP contribution is 2.23. The van der Waals surface area contributed by atoms with Crippen LogP contribution in [0.1, 0.15) is 15.9 Å². The van der Waals surface area contributed by atoms with Crippen molar-refractivity contribution in [1.82, 2.24) is 0 Å². The molecule has 0 aromatic heterocycles. The van der Waals surface area contributed by atoms with Gasteiger partial charge in [-0.2, -0.15) is 0 Å². The topological polar surface area (TPSA) is 26.3 Å². The highest BCUT2D eigenvalue weighted by atomic mass is 79.9. The Bertz CT molecular complexity index is 350. The Morgan fingerprint density at radius 2 is 2.15 bits per heavy atom. The van der Waals surface area contributed by atoms with Crippen molar-refractivity contribution in [2.45, 2.75) is 6.92 Å². The van der Waals surface area contributed by atoms with Crippen LogP contribution >= 0.6 is 15.9 Å². The fourth-order valence-electron chi connectivity index (χ4n) is 0.914. The van der Waals surface area contributed by atoms with E-state index in [2.05, 4.69) is 20.7 Å². The normalized spacial score (nSPS) is 9.85. The number of rotatable bonds is 1. The van der Waals surface area contributed by atoms with Gasteiger partial charge in [0, 0.05) is 0 Å². The van der Waals surface area contributed by atoms with Crippen LogP contribution in [-0.2, 0) is 4.74 Å². The molecule has 70 valence electrons. The van der Waals surface area contributed by atoms with E-state index in [1.807, 2.05) is 0 Å². The molecule has 1 aromatic carbocycles. The monoisotopic (exact) mass is 246 g/mol. The summed E-state index contributed by atoms with van der Waals surface area (Å²) in [6, 6.07) is 3.06. The molecule has 0 aliphatic rings. The Labute approximate surface area is 83.8 Å². The van der Waals surface area contributed by atoms with Crippen LogP contribution in [0.3, 0.4) is 0 Å². The number of hydrogen-bond acceptors (Lipinski definition) is 2. The summed E-state index contributed by atoms with van der Waals surface area (Å²) in [5.74, 6) is -0.978. The first-order valence-electron chi connectivity index (χ1n) is 3.61. The van der Waals surface area contributed by atoms with Crippen LogP contribution in [0.2, 0.25) is 0 Å². The summed E-state index contributed by atoms with van der Waals surface area (Å²) in [6.07, 6.45) is 0. The number of carbonyl (C=O) groups excluding carboxylic acids is 1. The predicted molar refractivity (Wildman–Crippen MR) is 50.2 cm³/mol. The van der Waals surface area contributed by atoms with Crippen molar-refractivity contribution >= 4 is 21.9 Å². The van der Waals surface area contributed by atoms with Gasteiger partial charge in [0.15, 0.2) is 0 Å². The number of benzene rings is 1. The first-order chi connectivity index (χ1) is 6.07. The van der Waals surface area contributed by atoms with Crippen LogP contribution in [0.25, 0.3) is 0 Å². The van der Waals surface area contributed by atoms with E-state index in [9.17, 15) is 9.18 Å². The van der Waals surface area contributed by atoms with E-state index >= 15 is 0 Å². The lowest BCUT2D eigenvalue weighted by Crippen LogP contribution is -2.04. The van der Waals surface area contributed by atoms with E-state index in [1.54, 1.807) is 6.92 Å². The van der Waals surface area contributed by atoms with Gasteiger partial charge in [-0.3, -0.25) is 0 Å². The molecule has 0 radical (unpaired) electrons. The second-order valence-corrected chi connectivity index (χ2v) is 3.34. The first-order valence-corrected chi connectivity index (χ1v) is 4.40. The lowest BCUT2D eigenvalue weighted by molar-refractivity contribution is 0.0599. The van der Waals surface area contributed by atoms with E-state index < -0.39 is 11.8 Å². The molecule has 1 aromatic rings. The fraction of sp³-hybridized carbons (Fsp3) is 0.222. The Balaban J connectivity index is 3.26.